The van der Waals surface area contributed by atoms with E-state index in [0.29, 0.717) is 31.9 Å². The zero-order valence-corrected chi connectivity index (χ0v) is 19.1. The summed E-state index contributed by atoms with van der Waals surface area (Å²) in [6.45, 7) is 1.88. The summed E-state index contributed by atoms with van der Waals surface area (Å²) in [6, 6.07) is 9.64. The van der Waals surface area contributed by atoms with Crippen molar-refractivity contribution in [2.24, 2.45) is 0 Å². The van der Waals surface area contributed by atoms with Gasteiger partial charge in [0.05, 0.1) is 17.4 Å². The Morgan fingerprint density at radius 2 is 1.82 bits per heavy atom. The quantitative estimate of drug-likeness (QED) is 0.314. The Morgan fingerprint density at radius 1 is 1.06 bits per heavy atom. The van der Waals surface area contributed by atoms with Gasteiger partial charge in [0, 0.05) is 37.1 Å². The lowest BCUT2D eigenvalue weighted by Crippen LogP contribution is -2.51. The second-order valence-electron chi connectivity index (χ2n) is 7.45. The van der Waals surface area contributed by atoms with Crippen LogP contribution in [0.15, 0.2) is 63.8 Å². The fourth-order valence-corrected chi connectivity index (χ4v) is 5.63. The number of fused-ring (bicyclic) bond motifs is 1. The van der Waals surface area contributed by atoms with E-state index in [4.69, 9.17) is 4.42 Å². The largest absolute Gasteiger partial charge is 0.459 e. The van der Waals surface area contributed by atoms with Crippen LogP contribution in [0.3, 0.4) is 0 Å². The van der Waals surface area contributed by atoms with Crippen molar-refractivity contribution in [3.8, 4) is 11.1 Å². The van der Waals surface area contributed by atoms with Crippen LogP contribution in [-0.4, -0.2) is 63.5 Å². The van der Waals surface area contributed by atoms with E-state index in [9.17, 15) is 14.0 Å². The number of hydrogen-bond donors (Lipinski definition) is 0. The molecule has 0 N–H and O–H groups in total. The van der Waals surface area contributed by atoms with Gasteiger partial charge in [0.15, 0.2) is 5.76 Å². The van der Waals surface area contributed by atoms with Crippen LogP contribution in [0.5, 0.6) is 0 Å². The summed E-state index contributed by atoms with van der Waals surface area (Å²) in [5.74, 6) is 0.0919. The molecule has 0 saturated carbocycles. The predicted octanol–water partition coefficient (Wildman–Crippen LogP) is 4.17. The molecule has 1 saturated heterocycles. The molecular weight excluding hydrogens is 463 g/mol. The van der Waals surface area contributed by atoms with Crippen molar-refractivity contribution >= 4 is 45.1 Å². The van der Waals surface area contributed by atoms with Crippen molar-refractivity contribution < 1.29 is 18.4 Å². The Balaban J connectivity index is 1.25. The maximum absolute atomic E-state index is 13.4. The van der Waals surface area contributed by atoms with Crippen molar-refractivity contribution in [1.29, 1.82) is 0 Å². The highest BCUT2D eigenvalue weighted by atomic mass is 32.2. The number of piperazine rings is 1. The van der Waals surface area contributed by atoms with Gasteiger partial charge < -0.3 is 14.2 Å². The second-order valence-corrected chi connectivity index (χ2v) is 9.28. The molecule has 0 atom stereocenters. The van der Waals surface area contributed by atoms with Crippen LogP contribution in [-0.2, 0) is 4.79 Å². The maximum atomic E-state index is 13.4. The minimum Gasteiger partial charge on any atom is -0.459 e. The predicted molar refractivity (Wildman–Crippen MR) is 125 cm³/mol. The van der Waals surface area contributed by atoms with E-state index in [0.717, 1.165) is 26.4 Å². The fraction of sp³-hybridized carbons (Fsp3) is 0.217. The molecule has 0 radical (unpaired) electrons. The van der Waals surface area contributed by atoms with Crippen LogP contribution in [0.1, 0.15) is 10.6 Å². The van der Waals surface area contributed by atoms with E-state index >= 15 is 0 Å². The van der Waals surface area contributed by atoms with Gasteiger partial charge >= 0.3 is 0 Å². The summed E-state index contributed by atoms with van der Waals surface area (Å²) >= 11 is 2.86. The van der Waals surface area contributed by atoms with Gasteiger partial charge in [0.2, 0.25) is 5.91 Å². The van der Waals surface area contributed by atoms with Gasteiger partial charge in [-0.25, -0.2) is 14.4 Å². The van der Waals surface area contributed by atoms with Crippen LogP contribution in [0, 0.1) is 5.82 Å². The Bertz CT molecular complexity index is 1280. The number of thioether (sulfide) groups is 1. The smallest absolute Gasteiger partial charge is 0.289 e. The molecule has 3 aromatic heterocycles. The summed E-state index contributed by atoms with van der Waals surface area (Å²) in [4.78, 5) is 38.3. The minimum atomic E-state index is -0.291. The van der Waals surface area contributed by atoms with Crippen molar-refractivity contribution in [3.05, 3.63) is 65.9 Å². The summed E-state index contributed by atoms with van der Waals surface area (Å²) < 4.78 is 18.5. The Hall–Kier alpha value is -3.24. The summed E-state index contributed by atoms with van der Waals surface area (Å²) in [6.07, 6.45) is 2.97. The van der Waals surface area contributed by atoms with Gasteiger partial charge in [-0.05, 0) is 29.8 Å². The van der Waals surface area contributed by atoms with Crippen LogP contribution in [0.2, 0.25) is 0 Å². The van der Waals surface area contributed by atoms with Gasteiger partial charge in [-0.2, -0.15) is 0 Å². The van der Waals surface area contributed by atoms with E-state index in [1.54, 1.807) is 34.1 Å². The maximum Gasteiger partial charge on any atom is 0.289 e. The topological polar surface area (TPSA) is 79.5 Å². The van der Waals surface area contributed by atoms with E-state index < -0.39 is 0 Å². The van der Waals surface area contributed by atoms with Gasteiger partial charge in [0.1, 0.15) is 22.0 Å². The summed E-state index contributed by atoms with van der Waals surface area (Å²) in [5.41, 5.74) is 1.80. The molecule has 168 valence electrons. The third kappa shape index (κ3) is 4.49. The molecule has 7 nitrogen and oxygen atoms in total. The first-order valence-corrected chi connectivity index (χ1v) is 12.2. The number of aromatic nitrogens is 2. The van der Waals surface area contributed by atoms with E-state index in [-0.39, 0.29) is 23.4 Å². The molecule has 1 aliphatic heterocycles. The molecule has 0 unspecified atom stereocenters. The molecule has 0 bridgehead atoms. The van der Waals surface area contributed by atoms with Gasteiger partial charge in [-0.3, -0.25) is 9.59 Å². The third-order valence-electron chi connectivity index (χ3n) is 5.47. The number of furan rings is 1. The molecule has 1 aromatic carbocycles. The highest BCUT2D eigenvalue weighted by Gasteiger charge is 2.26. The van der Waals surface area contributed by atoms with Gasteiger partial charge in [0.25, 0.3) is 5.91 Å². The lowest BCUT2D eigenvalue weighted by atomic mass is 10.1. The highest BCUT2D eigenvalue weighted by Crippen LogP contribution is 2.37. The first-order chi connectivity index (χ1) is 16.1. The van der Waals surface area contributed by atoms with Crippen molar-refractivity contribution in [3.63, 3.8) is 0 Å². The van der Waals surface area contributed by atoms with E-state index in [2.05, 4.69) is 9.97 Å². The molecule has 1 fully saturated rings. The minimum absolute atomic E-state index is 0.00424. The third-order valence-corrected chi connectivity index (χ3v) is 7.34. The van der Waals surface area contributed by atoms with Crippen LogP contribution in [0.4, 0.5) is 4.39 Å². The highest BCUT2D eigenvalue weighted by molar-refractivity contribution is 8.00. The average molecular weight is 483 g/mol. The number of benzene rings is 1. The SMILES string of the molecule is O=C(CSc1ncnc2scc(-c3ccc(F)cc3)c12)N1CCN(C(=O)c2ccco2)CC1. The van der Waals surface area contributed by atoms with Gasteiger partial charge in [-0.15, -0.1) is 11.3 Å². The average Bonchev–Trinajstić information content (AvgIpc) is 3.53. The molecule has 0 aliphatic carbocycles. The molecule has 2 amide bonds. The molecule has 4 heterocycles. The van der Waals surface area contributed by atoms with Crippen LogP contribution < -0.4 is 0 Å². The fourth-order valence-electron chi connectivity index (χ4n) is 3.74. The van der Waals surface area contributed by atoms with Crippen LogP contribution in [0.25, 0.3) is 21.3 Å². The second kappa shape index (κ2) is 9.32. The lowest BCUT2D eigenvalue weighted by molar-refractivity contribution is -0.129. The van der Waals surface area contributed by atoms with E-state index in [1.165, 1.54) is 47.8 Å². The molecule has 33 heavy (non-hydrogen) atoms. The number of halogens is 1. The number of thiophene rings is 1. The van der Waals surface area contributed by atoms with Crippen molar-refractivity contribution in [1.82, 2.24) is 19.8 Å². The first-order valence-electron chi connectivity index (χ1n) is 10.3. The van der Waals surface area contributed by atoms with E-state index in [1.807, 2.05) is 5.38 Å². The van der Waals surface area contributed by atoms with Crippen LogP contribution >= 0.6 is 23.1 Å². The molecule has 5 rings (SSSR count). The molecule has 10 heteroatoms. The summed E-state index contributed by atoms with van der Waals surface area (Å²) in [7, 11) is 0. The zero-order chi connectivity index (χ0) is 22.8. The molecule has 0 spiro atoms. The number of rotatable bonds is 5. The van der Waals surface area contributed by atoms with Crippen molar-refractivity contribution in [2.75, 3.05) is 31.9 Å². The standard InChI is InChI=1S/C23H19FN4O3S2/c24-16-5-3-15(4-6-16)17-12-32-21-20(17)22(26-14-25-21)33-13-19(29)27-7-9-28(10-8-27)23(30)18-2-1-11-31-18/h1-6,11-12,14H,7-10,13H2. The normalized spacial score (nSPS) is 14.1. The Kier molecular flexibility index (Phi) is 6.10. The Labute approximate surface area is 197 Å². The number of carbonyl (C=O) groups is 2. The molecular formula is C23H19FN4O3S2. The molecule has 4 aromatic rings. The first kappa shape index (κ1) is 21.6. The number of nitrogens with zero attached hydrogens (tertiary/aromatic N) is 4. The van der Waals surface area contributed by atoms with Gasteiger partial charge in [-0.1, -0.05) is 23.9 Å². The lowest BCUT2D eigenvalue weighted by Gasteiger charge is -2.34. The number of hydrogen-bond acceptors (Lipinski definition) is 7. The molecule has 1 aliphatic rings. The zero-order valence-electron chi connectivity index (χ0n) is 17.4. The summed E-state index contributed by atoms with van der Waals surface area (Å²) in [5, 5.41) is 3.58. The monoisotopic (exact) mass is 482 g/mol. The van der Waals surface area contributed by atoms with Crippen molar-refractivity contribution in [2.45, 2.75) is 5.03 Å². The number of amides is 2. The number of carbonyl (C=O) groups excluding carboxylic acids is 2. The Morgan fingerprint density at radius 3 is 2.55 bits per heavy atom.